The van der Waals surface area contributed by atoms with Gasteiger partial charge in [0.1, 0.15) is 5.82 Å². The van der Waals surface area contributed by atoms with Gasteiger partial charge >= 0.3 is 0 Å². The van der Waals surface area contributed by atoms with Crippen LogP contribution in [0.1, 0.15) is 68.2 Å². The zero-order chi connectivity index (χ0) is 18.0. The van der Waals surface area contributed by atoms with Crippen LogP contribution in [-0.2, 0) is 20.0 Å². The van der Waals surface area contributed by atoms with Crippen LogP contribution in [0.3, 0.4) is 0 Å². The first kappa shape index (κ1) is 17.5. The van der Waals surface area contributed by atoms with Crippen LogP contribution in [0.4, 0.5) is 0 Å². The summed E-state index contributed by atoms with van der Waals surface area (Å²) in [4.78, 5) is 9.38. The number of rotatable bonds is 7. The molecule has 3 heterocycles. The van der Waals surface area contributed by atoms with Crippen LogP contribution in [0, 0.1) is 0 Å². The predicted molar refractivity (Wildman–Crippen MR) is 98.6 cm³/mol. The van der Waals surface area contributed by atoms with Gasteiger partial charge in [-0.3, -0.25) is 5.10 Å². The third-order valence-electron chi connectivity index (χ3n) is 4.74. The van der Waals surface area contributed by atoms with Crippen LogP contribution in [0.5, 0.6) is 0 Å². The fourth-order valence-electron chi connectivity index (χ4n) is 3.24. The van der Waals surface area contributed by atoms with E-state index in [1.807, 2.05) is 18.7 Å². The number of nitrogens with one attached hydrogen (secondary N) is 1. The number of aromatic nitrogens is 6. The second-order valence-corrected chi connectivity index (χ2v) is 7.39. The molecule has 0 saturated carbocycles. The normalized spacial score (nSPS) is 14.2. The van der Waals surface area contributed by atoms with Gasteiger partial charge in [0.05, 0.1) is 23.9 Å². The molecule has 2 unspecified atom stereocenters. The van der Waals surface area contributed by atoms with Gasteiger partial charge in [0, 0.05) is 38.1 Å². The van der Waals surface area contributed by atoms with Gasteiger partial charge in [0.15, 0.2) is 0 Å². The summed E-state index contributed by atoms with van der Waals surface area (Å²) in [6.45, 7) is 9.66. The molecule has 0 aliphatic rings. The van der Waals surface area contributed by atoms with Gasteiger partial charge in [0.2, 0.25) is 0 Å². The van der Waals surface area contributed by atoms with Crippen molar-refractivity contribution >= 4 is 0 Å². The largest absolute Gasteiger partial charge is 0.337 e. The van der Waals surface area contributed by atoms with Gasteiger partial charge in [-0.1, -0.05) is 27.7 Å². The summed E-state index contributed by atoms with van der Waals surface area (Å²) in [5.74, 6) is 2.31. The van der Waals surface area contributed by atoms with Crippen molar-refractivity contribution < 1.29 is 0 Å². The Bertz CT molecular complexity index is 796. The van der Waals surface area contributed by atoms with Crippen LogP contribution < -0.4 is 0 Å². The number of aryl methyl sites for hydroxylation is 1. The highest BCUT2D eigenvalue weighted by molar-refractivity contribution is 5.15. The lowest BCUT2D eigenvalue weighted by atomic mass is 10.00. The second kappa shape index (κ2) is 7.25. The van der Waals surface area contributed by atoms with Crippen molar-refractivity contribution in [3.05, 3.63) is 53.9 Å². The van der Waals surface area contributed by atoms with Crippen molar-refractivity contribution in [2.45, 2.75) is 58.4 Å². The summed E-state index contributed by atoms with van der Waals surface area (Å²) in [5, 5.41) is 6.92. The fraction of sp³-hybridized carbons (Fsp3) is 0.526. The van der Waals surface area contributed by atoms with E-state index in [4.69, 9.17) is 4.98 Å². The quantitative estimate of drug-likeness (QED) is 0.714. The molecule has 3 aromatic heterocycles. The highest BCUT2D eigenvalue weighted by atomic mass is 15.1. The lowest BCUT2D eigenvalue weighted by molar-refractivity contribution is 0.552. The maximum atomic E-state index is 4.90. The summed E-state index contributed by atoms with van der Waals surface area (Å²) in [6, 6.07) is 0. The first-order valence-corrected chi connectivity index (χ1v) is 8.96. The van der Waals surface area contributed by atoms with Crippen molar-refractivity contribution in [1.29, 1.82) is 0 Å². The molecule has 3 rings (SSSR count). The molecular weight excluding hydrogens is 312 g/mol. The molecule has 0 radical (unpaired) electrons. The molecule has 6 heteroatoms. The topological polar surface area (TPSA) is 64.3 Å². The number of H-pyrrole nitrogens is 1. The molecule has 0 aliphatic carbocycles. The number of nitrogens with zero attached hydrogens (tertiary/aromatic N) is 5. The highest BCUT2D eigenvalue weighted by Crippen LogP contribution is 2.22. The summed E-state index contributed by atoms with van der Waals surface area (Å²) in [7, 11) is 2.08. The Morgan fingerprint density at radius 3 is 2.56 bits per heavy atom. The number of hydrogen-bond acceptors (Lipinski definition) is 3. The smallest absolute Gasteiger partial charge is 0.113 e. The van der Waals surface area contributed by atoms with E-state index in [2.05, 4.69) is 71.5 Å². The second-order valence-electron chi connectivity index (χ2n) is 7.39. The summed E-state index contributed by atoms with van der Waals surface area (Å²) < 4.78 is 4.32. The Labute approximate surface area is 149 Å². The Balaban J connectivity index is 1.68. The van der Waals surface area contributed by atoms with Crippen LogP contribution in [0.2, 0.25) is 0 Å². The summed E-state index contributed by atoms with van der Waals surface area (Å²) >= 11 is 0. The average molecular weight is 340 g/mol. The minimum atomic E-state index is 0.331. The fourth-order valence-corrected chi connectivity index (χ4v) is 3.24. The standard InChI is InChI=1S/C19H28N6/c1-13(2)18-11-25(12-20-18)9-15(4)19-23-17(10-24(19)5)6-14(3)16-7-21-22-8-16/h7-8,10-15H,6,9H2,1-5H3,(H,21,22). The Kier molecular flexibility index (Phi) is 5.06. The molecule has 3 aromatic rings. The van der Waals surface area contributed by atoms with E-state index in [1.165, 1.54) is 5.56 Å². The Morgan fingerprint density at radius 2 is 1.92 bits per heavy atom. The first-order valence-electron chi connectivity index (χ1n) is 8.96. The van der Waals surface area contributed by atoms with Gasteiger partial charge in [-0.05, 0) is 23.8 Å². The van der Waals surface area contributed by atoms with Gasteiger partial charge < -0.3 is 9.13 Å². The van der Waals surface area contributed by atoms with E-state index < -0.39 is 0 Å². The maximum Gasteiger partial charge on any atom is 0.113 e. The van der Waals surface area contributed by atoms with Gasteiger partial charge in [-0.25, -0.2) is 9.97 Å². The zero-order valence-electron chi connectivity index (χ0n) is 15.8. The van der Waals surface area contributed by atoms with Gasteiger partial charge in [-0.15, -0.1) is 0 Å². The molecule has 0 saturated heterocycles. The number of imidazole rings is 2. The molecule has 0 aliphatic heterocycles. The van der Waals surface area contributed by atoms with E-state index in [-0.39, 0.29) is 0 Å². The van der Waals surface area contributed by atoms with Crippen molar-refractivity contribution in [2.75, 3.05) is 0 Å². The van der Waals surface area contributed by atoms with Gasteiger partial charge in [0.25, 0.3) is 0 Å². The van der Waals surface area contributed by atoms with E-state index >= 15 is 0 Å². The lowest BCUT2D eigenvalue weighted by Gasteiger charge is -2.12. The SMILES string of the molecule is CC(C)c1cn(CC(C)c2nc(CC(C)c3cn[nH]c3)cn2C)cn1. The van der Waals surface area contributed by atoms with Crippen LogP contribution in [-0.4, -0.2) is 29.3 Å². The van der Waals surface area contributed by atoms with Crippen molar-refractivity contribution in [1.82, 2.24) is 29.3 Å². The molecule has 0 amide bonds. The zero-order valence-corrected chi connectivity index (χ0v) is 15.8. The first-order chi connectivity index (χ1) is 11.9. The van der Waals surface area contributed by atoms with Crippen LogP contribution >= 0.6 is 0 Å². The minimum absolute atomic E-state index is 0.331. The van der Waals surface area contributed by atoms with E-state index in [0.717, 1.165) is 30.2 Å². The van der Waals surface area contributed by atoms with Crippen molar-refractivity contribution in [2.24, 2.45) is 7.05 Å². The molecule has 134 valence electrons. The molecule has 0 fully saturated rings. The van der Waals surface area contributed by atoms with Crippen molar-refractivity contribution in [3.63, 3.8) is 0 Å². The molecule has 6 nitrogen and oxygen atoms in total. The van der Waals surface area contributed by atoms with E-state index in [0.29, 0.717) is 17.8 Å². The third kappa shape index (κ3) is 4.00. The molecule has 2 atom stereocenters. The molecule has 0 spiro atoms. The third-order valence-corrected chi connectivity index (χ3v) is 4.74. The van der Waals surface area contributed by atoms with Crippen LogP contribution in [0.25, 0.3) is 0 Å². The monoisotopic (exact) mass is 340 g/mol. The number of aromatic amines is 1. The molecular formula is C19H28N6. The van der Waals surface area contributed by atoms with E-state index in [1.54, 1.807) is 0 Å². The predicted octanol–water partition coefficient (Wildman–Crippen LogP) is 3.61. The molecule has 0 aromatic carbocycles. The van der Waals surface area contributed by atoms with E-state index in [9.17, 15) is 0 Å². The summed E-state index contributed by atoms with van der Waals surface area (Å²) in [6.07, 6.45) is 11.0. The molecule has 1 N–H and O–H groups in total. The summed E-state index contributed by atoms with van der Waals surface area (Å²) in [5.41, 5.74) is 3.49. The van der Waals surface area contributed by atoms with Gasteiger partial charge in [-0.2, -0.15) is 5.10 Å². The van der Waals surface area contributed by atoms with Crippen LogP contribution in [0.15, 0.2) is 31.1 Å². The van der Waals surface area contributed by atoms with Crippen molar-refractivity contribution in [3.8, 4) is 0 Å². The number of hydrogen-bond donors (Lipinski definition) is 1. The Hall–Kier alpha value is -2.37. The highest BCUT2D eigenvalue weighted by Gasteiger charge is 2.16. The molecule has 0 bridgehead atoms. The average Bonchev–Trinajstić information content (AvgIpc) is 3.27. The minimum Gasteiger partial charge on any atom is -0.337 e. The maximum absolute atomic E-state index is 4.90. The molecule has 25 heavy (non-hydrogen) atoms. The lowest BCUT2D eigenvalue weighted by Crippen LogP contribution is -2.09. The Morgan fingerprint density at radius 1 is 1.12 bits per heavy atom.